The minimum absolute atomic E-state index is 0.904. The van der Waals surface area contributed by atoms with Gasteiger partial charge in [0.25, 0.3) is 0 Å². The summed E-state index contributed by atoms with van der Waals surface area (Å²) in [4.78, 5) is 4.53. The van der Waals surface area contributed by atoms with Crippen LogP contribution in [-0.2, 0) is 6.42 Å². The predicted molar refractivity (Wildman–Crippen MR) is 88.1 cm³/mol. The Kier molecular flexibility index (Phi) is 3.83. The van der Waals surface area contributed by atoms with Crippen molar-refractivity contribution in [3.63, 3.8) is 0 Å². The summed E-state index contributed by atoms with van der Waals surface area (Å²) < 4.78 is 0. The first kappa shape index (κ1) is 13.6. The van der Waals surface area contributed by atoms with Gasteiger partial charge in [-0.1, -0.05) is 67.6 Å². The van der Waals surface area contributed by atoms with Crippen LogP contribution in [-0.4, -0.2) is 4.98 Å². The molecule has 0 atom stereocenters. The normalized spacial score (nSPS) is 10.6. The van der Waals surface area contributed by atoms with Gasteiger partial charge in [-0.05, 0) is 35.6 Å². The topological polar surface area (TPSA) is 12.9 Å². The van der Waals surface area contributed by atoms with Crippen LogP contribution in [0.2, 0.25) is 0 Å². The largest absolute Gasteiger partial charge is 0.250 e. The molecule has 0 saturated heterocycles. The Labute approximate surface area is 126 Å². The lowest BCUT2D eigenvalue weighted by atomic mass is 9.90. The van der Waals surface area contributed by atoms with E-state index in [1.54, 1.807) is 0 Å². The maximum absolute atomic E-state index is 4.53. The lowest BCUT2D eigenvalue weighted by molar-refractivity contribution is 1.03. The predicted octanol–water partition coefficient (Wildman–Crippen LogP) is 5.09. The van der Waals surface area contributed by atoms with Crippen LogP contribution < -0.4 is 0 Å². The fraction of sp³-hybridized carbons (Fsp3) is 0.150. The molecule has 0 saturated carbocycles. The van der Waals surface area contributed by atoms with Crippen molar-refractivity contribution in [1.29, 1.82) is 0 Å². The Balaban J connectivity index is 2.33. The molecular weight excluding hydrogens is 254 g/mol. The number of hydrogen-bond acceptors (Lipinski definition) is 1. The lowest BCUT2D eigenvalue weighted by Gasteiger charge is -2.16. The highest BCUT2D eigenvalue weighted by atomic mass is 14.7. The maximum Gasteiger partial charge on any atom is 0.0928 e. The average molecular weight is 272 g/mol. The number of benzene rings is 2. The van der Waals surface area contributed by atoms with E-state index in [1.807, 2.05) is 12.1 Å². The van der Waals surface area contributed by atoms with Crippen molar-refractivity contribution in [3.05, 3.63) is 78.1 Å². The number of nitrogens with zero attached hydrogens (tertiary/aromatic N) is 1. The molecular formula is C20H18N. The molecule has 0 N–H and O–H groups in total. The molecule has 3 rings (SSSR count). The average Bonchev–Trinajstić information content (AvgIpc) is 2.56. The molecule has 21 heavy (non-hydrogen) atoms. The molecule has 1 aromatic heterocycles. The summed E-state index contributed by atoms with van der Waals surface area (Å²) in [6, 6.07) is 21.0. The quantitative estimate of drug-likeness (QED) is 0.647. The second-order valence-corrected chi connectivity index (χ2v) is 5.13. The molecule has 1 radical (unpaired) electrons. The van der Waals surface area contributed by atoms with Gasteiger partial charge in [-0.3, -0.25) is 4.98 Å². The van der Waals surface area contributed by atoms with Crippen LogP contribution in [0.4, 0.5) is 0 Å². The van der Waals surface area contributed by atoms with Crippen molar-refractivity contribution >= 4 is 0 Å². The molecule has 0 aliphatic rings. The molecule has 103 valence electrons. The summed E-state index contributed by atoms with van der Waals surface area (Å²) in [7, 11) is 0. The molecule has 0 amide bonds. The van der Waals surface area contributed by atoms with Gasteiger partial charge < -0.3 is 0 Å². The Morgan fingerprint density at radius 1 is 0.810 bits per heavy atom. The fourth-order valence-electron chi connectivity index (χ4n) is 2.73. The summed E-state index contributed by atoms with van der Waals surface area (Å²) >= 11 is 0. The molecule has 0 fully saturated rings. The van der Waals surface area contributed by atoms with Crippen LogP contribution in [0, 0.1) is 13.1 Å². The van der Waals surface area contributed by atoms with Gasteiger partial charge >= 0.3 is 0 Å². The molecule has 0 bridgehead atoms. The number of aromatic nitrogens is 1. The zero-order chi connectivity index (χ0) is 14.7. The van der Waals surface area contributed by atoms with Gasteiger partial charge in [0.2, 0.25) is 0 Å². The Morgan fingerprint density at radius 3 is 1.86 bits per heavy atom. The van der Waals surface area contributed by atoms with Gasteiger partial charge in [0.15, 0.2) is 0 Å². The molecule has 0 unspecified atom stereocenters. The molecule has 3 aromatic rings. The highest BCUT2D eigenvalue weighted by Crippen LogP contribution is 2.36. The zero-order valence-corrected chi connectivity index (χ0v) is 12.4. The first-order valence-corrected chi connectivity index (χ1v) is 7.33. The van der Waals surface area contributed by atoms with Gasteiger partial charge in [0, 0.05) is 11.3 Å². The smallest absolute Gasteiger partial charge is 0.0928 e. The summed E-state index contributed by atoms with van der Waals surface area (Å²) in [6.07, 6.45) is 4.08. The van der Waals surface area contributed by atoms with Gasteiger partial charge in [0.1, 0.15) is 0 Å². The number of rotatable bonds is 3. The monoisotopic (exact) mass is 272 g/mol. The van der Waals surface area contributed by atoms with E-state index in [0.29, 0.717) is 0 Å². The van der Waals surface area contributed by atoms with E-state index in [0.717, 1.165) is 17.7 Å². The summed E-state index contributed by atoms with van der Waals surface area (Å²) in [5, 5.41) is 0. The summed E-state index contributed by atoms with van der Waals surface area (Å²) in [5.41, 5.74) is 7.12. The van der Waals surface area contributed by atoms with Crippen LogP contribution in [0.5, 0.6) is 0 Å². The van der Waals surface area contributed by atoms with Crippen molar-refractivity contribution in [3.8, 4) is 22.3 Å². The second kappa shape index (κ2) is 5.92. The molecule has 0 aliphatic carbocycles. The van der Waals surface area contributed by atoms with Crippen LogP contribution in [0.3, 0.4) is 0 Å². The van der Waals surface area contributed by atoms with E-state index in [9.17, 15) is 0 Å². The van der Waals surface area contributed by atoms with Crippen LogP contribution in [0.15, 0.2) is 60.7 Å². The van der Waals surface area contributed by atoms with Crippen molar-refractivity contribution in [2.45, 2.75) is 20.3 Å². The zero-order valence-electron chi connectivity index (χ0n) is 12.4. The molecule has 1 nitrogen and oxygen atoms in total. The first-order chi connectivity index (χ1) is 10.3. The fourth-order valence-corrected chi connectivity index (χ4v) is 2.73. The van der Waals surface area contributed by atoms with Crippen LogP contribution in [0.25, 0.3) is 22.3 Å². The molecule has 1 heterocycles. The third-order valence-corrected chi connectivity index (χ3v) is 3.73. The minimum Gasteiger partial charge on any atom is -0.250 e. The molecule has 2 aromatic carbocycles. The van der Waals surface area contributed by atoms with Gasteiger partial charge in [-0.2, -0.15) is 0 Å². The Bertz CT molecular complexity index is 731. The Hall–Kier alpha value is -2.41. The van der Waals surface area contributed by atoms with Crippen molar-refractivity contribution in [1.82, 2.24) is 4.98 Å². The first-order valence-electron chi connectivity index (χ1n) is 7.33. The molecule has 0 spiro atoms. The van der Waals surface area contributed by atoms with Gasteiger partial charge in [-0.25, -0.2) is 0 Å². The second-order valence-electron chi connectivity index (χ2n) is 5.13. The van der Waals surface area contributed by atoms with E-state index in [4.69, 9.17) is 0 Å². The van der Waals surface area contributed by atoms with Gasteiger partial charge in [0.05, 0.1) is 6.20 Å². The Morgan fingerprint density at radius 2 is 1.33 bits per heavy atom. The van der Waals surface area contributed by atoms with E-state index in [2.05, 4.69) is 73.6 Å². The molecule has 0 aliphatic heterocycles. The van der Waals surface area contributed by atoms with E-state index >= 15 is 0 Å². The lowest BCUT2D eigenvalue weighted by Crippen LogP contribution is -1.98. The van der Waals surface area contributed by atoms with Crippen molar-refractivity contribution < 1.29 is 0 Å². The van der Waals surface area contributed by atoms with Crippen LogP contribution in [0.1, 0.15) is 18.2 Å². The third kappa shape index (κ3) is 2.59. The summed E-state index contributed by atoms with van der Waals surface area (Å²) in [5.74, 6) is 0. The van der Waals surface area contributed by atoms with E-state index < -0.39 is 0 Å². The number of pyridine rings is 1. The summed E-state index contributed by atoms with van der Waals surface area (Å²) in [6.45, 7) is 4.23. The SMILES string of the molecule is CCc1n[c]c(C)c(-c2ccccc2)c1-c1ccccc1. The molecule has 1 heteroatoms. The van der Waals surface area contributed by atoms with Crippen molar-refractivity contribution in [2.24, 2.45) is 0 Å². The van der Waals surface area contributed by atoms with Gasteiger partial charge in [-0.15, -0.1) is 0 Å². The highest BCUT2D eigenvalue weighted by Gasteiger charge is 2.15. The minimum atomic E-state index is 0.904. The van der Waals surface area contributed by atoms with E-state index in [-0.39, 0.29) is 0 Å². The maximum atomic E-state index is 4.53. The van der Waals surface area contributed by atoms with E-state index in [1.165, 1.54) is 22.3 Å². The highest BCUT2D eigenvalue weighted by molar-refractivity contribution is 5.86. The number of aryl methyl sites for hydroxylation is 2. The number of hydrogen-bond donors (Lipinski definition) is 0. The van der Waals surface area contributed by atoms with Crippen LogP contribution >= 0.6 is 0 Å². The third-order valence-electron chi connectivity index (χ3n) is 3.73. The van der Waals surface area contributed by atoms with Crippen molar-refractivity contribution in [2.75, 3.05) is 0 Å². The standard InChI is InChI=1S/C20H18N/c1-3-18-20(17-12-8-5-9-13-17)19(15(2)14-21-18)16-10-6-4-7-11-16/h4-13H,3H2,1-2H3.